The lowest BCUT2D eigenvalue weighted by molar-refractivity contribution is -0.118. The lowest BCUT2D eigenvalue weighted by Crippen LogP contribution is -2.48. The number of carbonyl (C=O) groups is 3. The van der Waals surface area contributed by atoms with Crippen LogP contribution >= 0.6 is 11.6 Å². The number of halogens is 1. The highest BCUT2D eigenvalue weighted by Gasteiger charge is 2.43. The lowest BCUT2D eigenvalue weighted by atomic mass is 9.72. The van der Waals surface area contributed by atoms with Crippen LogP contribution in [0.15, 0.2) is 60.7 Å². The van der Waals surface area contributed by atoms with E-state index in [1.165, 1.54) is 0 Å². The van der Waals surface area contributed by atoms with Crippen LogP contribution in [0, 0.1) is 5.92 Å². The van der Waals surface area contributed by atoms with E-state index in [0.717, 1.165) is 34.2 Å². The van der Waals surface area contributed by atoms with E-state index in [9.17, 15) is 19.5 Å². The number of nitrogens with zero attached hydrogens (tertiary/aromatic N) is 1. The third-order valence-electron chi connectivity index (χ3n) is 8.92. The summed E-state index contributed by atoms with van der Waals surface area (Å²) in [6.45, 7) is 3.71. The first-order valence-corrected chi connectivity index (χ1v) is 16.4. The van der Waals surface area contributed by atoms with Gasteiger partial charge in [0.05, 0.1) is 5.60 Å². The normalized spacial score (nSPS) is 16.1. The second-order valence-corrected chi connectivity index (χ2v) is 12.5. The molecule has 0 aromatic heterocycles. The number of likely N-dealkylation sites (tertiary alicyclic amines) is 1. The van der Waals surface area contributed by atoms with Crippen LogP contribution in [-0.4, -0.2) is 59.7 Å². The summed E-state index contributed by atoms with van der Waals surface area (Å²) in [5.41, 5.74) is 9.78. The van der Waals surface area contributed by atoms with E-state index in [4.69, 9.17) is 22.4 Å². The van der Waals surface area contributed by atoms with Gasteiger partial charge >= 0.3 is 6.09 Å². The molecule has 1 saturated heterocycles. The van der Waals surface area contributed by atoms with Gasteiger partial charge in [-0.1, -0.05) is 67.1 Å². The summed E-state index contributed by atoms with van der Waals surface area (Å²) in [4.78, 5) is 38.7. The fraction of sp³-hybridized carbons (Fsp3) is 0.417. The molecular weight excluding hydrogens is 604 g/mol. The summed E-state index contributed by atoms with van der Waals surface area (Å²) in [5, 5.41) is 28.0. The molecule has 6 N–H and O–H groups in total. The van der Waals surface area contributed by atoms with Crippen molar-refractivity contribution in [2.75, 3.05) is 26.7 Å². The van der Waals surface area contributed by atoms with Gasteiger partial charge in [0.25, 0.3) is 5.91 Å². The molecule has 4 rings (SSSR count). The molecule has 1 aliphatic heterocycles. The maximum absolute atomic E-state index is 14.1. The number of carbonyl (C=O) groups excluding carboxylic acids is 2. The van der Waals surface area contributed by atoms with Crippen LogP contribution in [-0.2, 0) is 29.8 Å². The molecular formula is C36H45ClN4O5. The second-order valence-electron chi connectivity index (χ2n) is 12.1. The molecule has 9 nitrogen and oxygen atoms in total. The first-order valence-electron chi connectivity index (χ1n) is 16.0. The van der Waals surface area contributed by atoms with E-state index < -0.39 is 17.6 Å². The minimum absolute atomic E-state index is 0.132. The molecule has 1 aliphatic rings. The Hall–Kier alpha value is -3.92. The number of benzene rings is 3. The van der Waals surface area contributed by atoms with E-state index in [1.807, 2.05) is 55.6 Å². The van der Waals surface area contributed by atoms with Gasteiger partial charge in [0, 0.05) is 54.7 Å². The monoisotopic (exact) mass is 648 g/mol. The number of piperidine rings is 1. The third kappa shape index (κ3) is 8.46. The molecule has 0 bridgehead atoms. The molecule has 2 atom stereocenters. The Balaban J connectivity index is 1.72. The molecule has 46 heavy (non-hydrogen) atoms. The van der Waals surface area contributed by atoms with Crippen LogP contribution < -0.4 is 16.4 Å². The molecule has 3 aromatic carbocycles. The SMILES string of the molecule is CCc1cccc(-c2c(Cl)cccc2C(O)(CCCNC(=O)O)C2CCCN(C(=O)c3ccc(CNC)cc3CCC(N)=O)C2)c1. The predicted octanol–water partition coefficient (Wildman–Crippen LogP) is 5.49. The molecule has 0 spiro atoms. The minimum atomic E-state index is -1.41. The maximum atomic E-state index is 14.1. The van der Waals surface area contributed by atoms with Gasteiger partial charge in [-0.15, -0.1) is 0 Å². The zero-order valence-corrected chi connectivity index (χ0v) is 27.4. The average Bonchev–Trinajstić information content (AvgIpc) is 3.05. The number of primary amides is 1. The highest BCUT2D eigenvalue weighted by atomic mass is 35.5. The van der Waals surface area contributed by atoms with Gasteiger partial charge in [-0.2, -0.15) is 0 Å². The predicted molar refractivity (Wildman–Crippen MR) is 181 cm³/mol. The molecule has 1 fully saturated rings. The van der Waals surface area contributed by atoms with Gasteiger partial charge in [-0.25, -0.2) is 4.79 Å². The van der Waals surface area contributed by atoms with Crippen molar-refractivity contribution in [3.8, 4) is 11.1 Å². The molecule has 2 unspecified atom stereocenters. The summed E-state index contributed by atoms with van der Waals surface area (Å²) in [7, 11) is 1.85. The van der Waals surface area contributed by atoms with E-state index in [-0.39, 0.29) is 31.2 Å². The van der Waals surface area contributed by atoms with Gasteiger partial charge < -0.3 is 31.5 Å². The van der Waals surface area contributed by atoms with Crippen molar-refractivity contribution in [3.05, 3.63) is 93.5 Å². The van der Waals surface area contributed by atoms with E-state index in [0.29, 0.717) is 61.5 Å². The maximum Gasteiger partial charge on any atom is 0.404 e. The summed E-state index contributed by atoms with van der Waals surface area (Å²) < 4.78 is 0. The molecule has 3 amide bonds. The highest BCUT2D eigenvalue weighted by Crippen LogP contribution is 2.46. The largest absolute Gasteiger partial charge is 0.465 e. The van der Waals surface area contributed by atoms with Crippen LogP contribution in [0.1, 0.15) is 71.6 Å². The Morgan fingerprint density at radius 1 is 1.09 bits per heavy atom. The Morgan fingerprint density at radius 3 is 2.59 bits per heavy atom. The number of hydrogen-bond donors (Lipinski definition) is 5. The van der Waals surface area contributed by atoms with Crippen molar-refractivity contribution in [1.29, 1.82) is 0 Å². The number of rotatable bonds is 14. The van der Waals surface area contributed by atoms with E-state index in [2.05, 4.69) is 29.7 Å². The minimum Gasteiger partial charge on any atom is -0.465 e. The Bertz CT molecular complexity index is 1550. The van der Waals surface area contributed by atoms with Crippen molar-refractivity contribution in [2.45, 2.75) is 64.0 Å². The van der Waals surface area contributed by atoms with Crippen molar-refractivity contribution < 1.29 is 24.6 Å². The lowest BCUT2D eigenvalue weighted by Gasteiger charge is -2.44. The van der Waals surface area contributed by atoms with Crippen molar-refractivity contribution in [3.63, 3.8) is 0 Å². The van der Waals surface area contributed by atoms with Gasteiger partial charge in [0.2, 0.25) is 5.91 Å². The molecule has 246 valence electrons. The van der Waals surface area contributed by atoms with E-state index >= 15 is 0 Å². The molecule has 0 saturated carbocycles. The number of aryl methyl sites for hydroxylation is 2. The number of carboxylic acid groups (broad SMARTS) is 1. The average molecular weight is 649 g/mol. The van der Waals surface area contributed by atoms with Crippen molar-refractivity contribution in [1.82, 2.24) is 15.5 Å². The Labute approximate surface area is 276 Å². The summed E-state index contributed by atoms with van der Waals surface area (Å²) in [5.74, 6) is -0.934. The zero-order valence-electron chi connectivity index (χ0n) is 26.7. The Morgan fingerprint density at radius 2 is 1.87 bits per heavy atom. The highest BCUT2D eigenvalue weighted by molar-refractivity contribution is 6.33. The topological polar surface area (TPSA) is 145 Å². The first-order chi connectivity index (χ1) is 22.1. The van der Waals surface area contributed by atoms with Gasteiger partial charge in [0.1, 0.15) is 0 Å². The van der Waals surface area contributed by atoms with Gasteiger partial charge in [-0.05, 0) is 85.5 Å². The van der Waals surface area contributed by atoms with Gasteiger partial charge in [-0.3, -0.25) is 9.59 Å². The van der Waals surface area contributed by atoms with Crippen LogP contribution in [0.5, 0.6) is 0 Å². The molecule has 3 aromatic rings. The van der Waals surface area contributed by atoms with Crippen molar-refractivity contribution in [2.24, 2.45) is 11.7 Å². The smallest absolute Gasteiger partial charge is 0.404 e. The van der Waals surface area contributed by atoms with Crippen LogP contribution in [0.25, 0.3) is 11.1 Å². The van der Waals surface area contributed by atoms with Crippen LogP contribution in [0.4, 0.5) is 4.79 Å². The standard InChI is InChI=1S/C36H45ClN4O5/c1-3-24-8-4-9-27(20-24)33-30(11-5-12-31(33)37)36(46,17-7-18-40-35(44)45)28-10-6-19-41(23-28)34(43)29-15-13-25(22-39-2)21-26(29)14-16-32(38)42/h4-5,8-9,11-13,15,20-21,28,39-40,46H,3,6-7,10,14,16-19,22-23H2,1-2H3,(H2,38,42)(H,44,45). The summed E-state index contributed by atoms with van der Waals surface area (Å²) >= 11 is 6.87. The quantitative estimate of drug-likeness (QED) is 0.146. The zero-order chi connectivity index (χ0) is 33.3. The summed E-state index contributed by atoms with van der Waals surface area (Å²) in [6.07, 6.45) is 2.22. The number of nitrogens with one attached hydrogen (secondary N) is 2. The number of aliphatic hydroxyl groups is 1. The fourth-order valence-corrected chi connectivity index (χ4v) is 6.88. The van der Waals surface area contributed by atoms with Crippen molar-refractivity contribution >= 4 is 29.5 Å². The van der Waals surface area contributed by atoms with Gasteiger partial charge in [0.15, 0.2) is 0 Å². The molecule has 0 aliphatic carbocycles. The van der Waals surface area contributed by atoms with Crippen LogP contribution in [0.3, 0.4) is 0 Å². The molecule has 0 radical (unpaired) electrons. The van der Waals surface area contributed by atoms with E-state index in [1.54, 1.807) is 4.90 Å². The molecule has 1 heterocycles. The number of amides is 3. The Kier molecular flexibility index (Phi) is 12.2. The fourth-order valence-electron chi connectivity index (χ4n) is 6.59. The number of nitrogens with two attached hydrogens (primary N) is 1. The summed E-state index contributed by atoms with van der Waals surface area (Å²) in [6, 6.07) is 19.3. The second kappa shape index (κ2) is 16.1. The number of hydrogen-bond acceptors (Lipinski definition) is 5. The molecule has 10 heteroatoms. The first kappa shape index (κ1) is 34.9. The third-order valence-corrected chi connectivity index (χ3v) is 9.24. The van der Waals surface area contributed by atoms with Crippen LogP contribution in [0.2, 0.25) is 5.02 Å².